The Bertz CT molecular complexity index is 1420. The average Bonchev–Trinajstić information content (AvgIpc) is 2.86. The Morgan fingerprint density at radius 1 is 1.03 bits per heavy atom. The minimum Gasteiger partial charge on any atom is -0.493 e. The Labute approximate surface area is 200 Å². The molecule has 0 aliphatic heterocycles. The Morgan fingerprint density at radius 3 is 2.51 bits per heavy atom. The van der Waals surface area contributed by atoms with Crippen LogP contribution in [-0.2, 0) is 6.42 Å². The van der Waals surface area contributed by atoms with Crippen LogP contribution in [0.1, 0.15) is 21.5 Å². The normalized spacial score (nSPS) is 11.0. The summed E-state index contributed by atoms with van der Waals surface area (Å²) in [6, 6.07) is 18.7. The van der Waals surface area contributed by atoms with Gasteiger partial charge in [0.25, 0.3) is 5.91 Å². The second-order valence-corrected chi connectivity index (χ2v) is 7.80. The summed E-state index contributed by atoms with van der Waals surface area (Å²) >= 11 is 0. The van der Waals surface area contributed by atoms with Gasteiger partial charge in [0, 0.05) is 17.7 Å². The van der Waals surface area contributed by atoms with E-state index in [-0.39, 0.29) is 34.6 Å². The number of alkyl halides is 2. The van der Waals surface area contributed by atoms with E-state index in [9.17, 15) is 18.4 Å². The summed E-state index contributed by atoms with van der Waals surface area (Å²) in [6.45, 7) is -1.07. The van der Waals surface area contributed by atoms with E-state index in [1.165, 1.54) is 19.2 Å². The zero-order valence-corrected chi connectivity index (χ0v) is 19.1. The zero-order chi connectivity index (χ0) is 24.9. The van der Waals surface area contributed by atoms with Gasteiger partial charge in [-0.2, -0.15) is 8.78 Å². The van der Waals surface area contributed by atoms with Crippen LogP contribution < -0.4 is 20.2 Å². The molecule has 0 radical (unpaired) electrons. The first-order chi connectivity index (χ1) is 16.9. The highest BCUT2D eigenvalue weighted by atomic mass is 19.3. The predicted octanol–water partition coefficient (Wildman–Crippen LogP) is 5.35. The molecule has 0 spiro atoms. The lowest BCUT2D eigenvalue weighted by Crippen LogP contribution is -2.26. The highest BCUT2D eigenvalue weighted by Gasteiger charge is 2.18. The molecule has 0 aliphatic carbocycles. The highest BCUT2D eigenvalue weighted by molar-refractivity contribution is 6.05. The van der Waals surface area contributed by atoms with Crippen molar-refractivity contribution in [3.05, 3.63) is 93.6 Å². The van der Waals surface area contributed by atoms with Crippen molar-refractivity contribution in [1.82, 2.24) is 5.32 Å². The Balaban J connectivity index is 1.57. The van der Waals surface area contributed by atoms with Gasteiger partial charge in [0.05, 0.1) is 18.1 Å². The van der Waals surface area contributed by atoms with E-state index in [2.05, 4.69) is 10.1 Å². The number of hydrogen-bond acceptors (Lipinski definition) is 5. The van der Waals surface area contributed by atoms with Gasteiger partial charge in [-0.3, -0.25) is 9.59 Å². The molecule has 0 unspecified atom stereocenters. The van der Waals surface area contributed by atoms with Crippen LogP contribution in [0.3, 0.4) is 0 Å². The third kappa shape index (κ3) is 5.16. The Hall–Kier alpha value is -4.20. The van der Waals surface area contributed by atoms with E-state index in [1.807, 2.05) is 30.3 Å². The smallest absolute Gasteiger partial charge is 0.387 e. The number of methoxy groups -OCH3 is 1. The van der Waals surface area contributed by atoms with Gasteiger partial charge in [-0.25, -0.2) is 0 Å². The van der Waals surface area contributed by atoms with Crippen LogP contribution in [-0.4, -0.2) is 26.2 Å². The van der Waals surface area contributed by atoms with Crippen molar-refractivity contribution in [3.8, 4) is 22.8 Å². The van der Waals surface area contributed by atoms with Crippen LogP contribution in [0.4, 0.5) is 8.78 Å². The van der Waals surface area contributed by atoms with Gasteiger partial charge in [0.15, 0.2) is 22.5 Å². The predicted molar refractivity (Wildman–Crippen MR) is 128 cm³/mol. The van der Waals surface area contributed by atoms with E-state index in [0.717, 1.165) is 5.56 Å². The SMILES string of the molecule is COc1ccc(CCNC(=O)c2cccc3c(=O)c(C)c(-c4ccccc4)oc23)cc1OC(F)F. The quantitative estimate of drug-likeness (QED) is 0.369. The summed E-state index contributed by atoms with van der Waals surface area (Å²) in [4.78, 5) is 26.0. The van der Waals surface area contributed by atoms with Crippen LogP contribution in [0.2, 0.25) is 0 Å². The van der Waals surface area contributed by atoms with E-state index in [0.29, 0.717) is 28.7 Å². The summed E-state index contributed by atoms with van der Waals surface area (Å²) in [7, 11) is 1.36. The molecule has 0 atom stereocenters. The molecule has 1 aromatic heterocycles. The molecule has 1 heterocycles. The number of hydrogen-bond donors (Lipinski definition) is 1. The minimum atomic E-state index is -2.98. The average molecular weight is 479 g/mol. The lowest BCUT2D eigenvalue weighted by molar-refractivity contribution is -0.0512. The topological polar surface area (TPSA) is 77.8 Å². The van der Waals surface area contributed by atoms with Gasteiger partial charge in [-0.05, 0) is 43.2 Å². The van der Waals surface area contributed by atoms with Crippen LogP contribution >= 0.6 is 0 Å². The molecule has 0 saturated carbocycles. The fourth-order valence-electron chi connectivity index (χ4n) is 3.83. The highest BCUT2D eigenvalue weighted by Crippen LogP contribution is 2.30. The summed E-state index contributed by atoms with van der Waals surface area (Å²) in [6.07, 6.45) is 0.360. The van der Waals surface area contributed by atoms with Crippen LogP contribution in [0, 0.1) is 6.92 Å². The summed E-state index contributed by atoms with van der Waals surface area (Å²) in [5.41, 5.74) is 2.10. The van der Waals surface area contributed by atoms with Gasteiger partial charge in [-0.15, -0.1) is 0 Å². The van der Waals surface area contributed by atoms with E-state index in [4.69, 9.17) is 9.15 Å². The number of fused-ring (bicyclic) bond motifs is 1. The summed E-state index contributed by atoms with van der Waals surface area (Å²) in [5.74, 6) is 0.103. The number of para-hydroxylation sites is 1. The van der Waals surface area contributed by atoms with Crippen molar-refractivity contribution in [2.75, 3.05) is 13.7 Å². The number of ether oxygens (including phenoxy) is 2. The third-order valence-corrected chi connectivity index (χ3v) is 5.57. The first-order valence-corrected chi connectivity index (χ1v) is 10.9. The molecule has 0 bridgehead atoms. The molecule has 3 aromatic carbocycles. The summed E-state index contributed by atoms with van der Waals surface area (Å²) in [5, 5.41) is 3.12. The molecule has 0 aliphatic rings. The number of halogens is 2. The fraction of sp³-hybridized carbons (Fsp3) is 0.185. The molecule has 180 valence electrons. The van der Waals surface area contributed by atoms with Crippen LogP contribution in [0.25, 0.3) is 22.3 Å². The van der Waals surface area contributed by atoms with Gasteiger partial charge in [0.1, 0.15) is 5.76 Å². The van der Waals surface area contributed by atoms with Crippen LogP contribution in [0.5, 0.6) is 11.5 Å². The molecule has 6 nitrogen and oxygen atoms in total. The monoisotopic (exact) mass is 479 g/mol. The molecule has 1 N–H and O–H groups in total. The van der Waals surface area contributed by atoms with E-state index >= 15 is 0 Å². The molecule has 4 rings (SSSR count). The lowest BCUT2D eigenvalue weighted by atomic mass is 10.0. The van der Waals surface area contributed by atoms with Crippen molar-refractivity contribution in [3.63, 3.8) is 0 Å². The van der Waals surface area contributed by atoms with E-state index in [1.54, 1.807) is 31.2 Å². The molecule has 0 saturated heterocycles. The molecular formula is C27H23F2NO5. The van der Waals surface area contributed by atoms with Crippen molar-refractivity contribution >= 4 is 16.9 Å². The van der Waals surface area contributed by atoms with Gasteiger partial charge < -0.3 is 19.2 Å². The second kappa shape index (κ2) is 10.4. The molecular weight excluding hydrogens is 456 g/mol. The largest absolute Gasteiger partial charge is 0.493 e. The molecule has 35 heavy (non-hydrogen) atoms. The number of amides is 1. The minimum absolute atomic E-state index is 0.0778. The Morgan fingerprint density at radius 2 is 1.80 bits per heavy atom. The van der Waals surface area contributed by atoms with Crippen molar-refractivity contribution in [2.45, 2.75) is 20.0 Å². The van der Waals surface area contributed by atoms with Crippen molar-refractivity contribution < 1.29 is 27.5 Å². The fourth-order valence-corrected chi connectivity index (χ4v) is 3.83. The van der Waals surface area contributed by atoms with Gasteiger partial charge in [0.2, 0.25) is 0 Å². The van der Waals surface area contributed by atoms with Gasteiger partial charge in [-0.1, -0.05) is 42.5 Å². The maximum Gasteiger partial charge on any atom is 0.387 e. The second-order valence-electron chi connectivity index (χ2n) is 7.80. The van der Waals surface area contributed by atoms with E-state index < -0.39 is 12.5 Å². The molecule has 8 heteroatoms. The summed E-state index contributed by atoms with van der Waals surface area (Å²) < 4.78 is 41.0. The number of rotatable bonds is 8. The molecule has 1 amide bonds. The van der Waals surface area contributed by atoms with Crippen LogP contribution in [0.15, 0.2) is 75.9 Å². The van der Waals surface area contributed by atoms with Gasteiger partial charge >= 0.3 is 6.61 Å². The standard InChI is InChI=1S/C27H23F2NO5/c1-16-23(31)19-9-6-10-20(25(19)35-24(16)18-7-4-3-5-8-18)26(32)30-14-13-17-11-12-21(33-2)22(15-17)34-27(28)29/h3-12,15,27H,13-14H2,1-2H3,(H,30,32). The van der Waals surface area contributed by atoms with Crippen molar-refractivity contribution in [2.24, 2.45) is 0 Å². The number of benzene rings is 3. The molecule has 4 aromatic rings. The first-order valence-electron chi connectivity index (χ1n) is 10.9. The van der Waals surface area contributed by atoms with Crippen molar-refractivity contribution in [1.29, 1.82) is 0 Å². The lowest BCUT2D eigenvalue weighted by Gasteiger charge is -2.12. The maximum atomic E-state index is 13.0. The zero-order valence-electron chi connectivity index (χ0n) is 19.1. The number of nitrogens with one attached hydrogen (secondary N) is 1. The third-order valence-electron chi connectivity index (χ3n) is 5.57. The number of carbonyl (C=O) groups is 1. The maximum absolute atomic E-state index is 13.0. The first kappa shape index (κ1) is 23.9. The number of carbonyl (C=O) groups excluding carboxylic acids is 1. The Kier molecular flexibility index (Phi) is 7.10. The molecule has 0 fully saturated rings.